The van der Waals surface area contributed by atoms with Gasteiger partial charge in [0, 0.05) is 25.2 Å². The Morgan fingerprint density at radius 2 is 1.92 bits per heavy atom. The van der Waals surface area contributed by atoms with Crippen LogP contribution in [0, 0.1) is 6.92 Å². The monoisotopic (exact) mass is 373 g/mol. The summed E-state index contributed by atoms with van der Waals surface area (Å²) in [5, 5.41) is 10.6. The highest BCUT2D eigenvalue weighted by molar-refractivity contribution is 7.90. The first kappa shape index (κ1) is 17.9. The van der Waals surface area contributed by atoms with Crippen LogP contribution in [-0.2, 0) is 23.4 Å². The molecule has 2 heterocycles. The normalized spacial score (nSPS) is 11.5. The third-order valence-electron chi connectivity index (χ3n) is 3.93. The van der Waals surface area contributed by atoms with Crippen LogP contribution in [0.5, 0.6) is 0 Å². The van der Waals surface area contributed by atoms with Crippen molar-refractivity contribution in [2.24, 2.45) is 7.05 Å². The van der Waals surface area contributed by atoms with E-state index < -0.39 is 9.84 Å². The molecular weight excluding hydrogens is 354 g/mol. The van der Waals surface area contributed by atoms with Crippen LogP contribution >= 0.6 is 0 Å². The number of carbonyl (C=O) groups excluding carboxylic acids is 1. The Kier molecular flexibility index (Phi) is 4.64. The van der Waals surface area contributed by atoms with Gasteiger partial charge in [-0.2, -0.15) is 5.10 Å². The lowest BCUT2D eigenvalue weighted by atomic mass is 10.2. The predicted octanol–water partition coefficient (Wildman–Crippen LogP) is 2.00. The predicted molar refractivity (Wildman–Crippen MR) is 98.7 cm³/mol. The van der Waals surface area contributed by atoms with Gasteiger partial charge in [0.2, 0.25) is 0 Å². The van der Waals surface area contributed by atoms with Crippen molar-refractivity contribution in [3.05, 3.63) is 47.8 Å². The SMILES string of the molecule is Cc1nn(C)c2ncc(NC(=O)NCc3ccc(S(C)(=O)=O)cc3)cc12. The second-order valence-electron chi connectivity index (χ2n) is 6.03. The number of hydrogen-bond donors (Lipinski definition) is 2. The number of nitrogens with one attached hydrogen (secondary N) is 2. The summed E-state index contributed by atoms with van der Waals surface area (Å²) in [6, 6.07) is 7.83. The van der Waals surface area contributed by atoms with Gasteiger partial charge in [-0.15, -0.1) is 0 Å². The molecule has 2 aromatic heterocycles. The summed E-state index contributed by atoms with van der Waals surface area (Å²) in [7, 11) is -1.41. The number of fused-ring (bicyclic) bond motifs is 1. The Balaban J connectivity index is 1.63. The lowest BCUT2D eigenvalue weighted by molar-refractivity contribution is 0.251. The minimum atomic E-state index is -3.22. The molecule has 8 nitrogen and oxygen atoms in total. The molecule has 2 N–H and O–H groups in total. The number of aryl methyl sites for hydroxylation is 2. The van der Waals surface area contributed by atoms with Crippen molar-refractivity contribution < 1.29 is 13.2 Å². The van der Waals surface area contributed by atoms with Crippen molar-refractivity contribution in [1.82, 2.24) is 20.1 Å². The average molecular weight is 373 g/mol. The standard InChI is InChI=1S/C17H19N5O3S/c1-11-15-8-13(10-18-16(15)22(2)21-11)20-17(23)19-9-12-4-6-14(7-5-12)26(3,24)25/h4-8,10H,9H2,1-3H3,(H2,19,20,23). The van der Waals surface area contributed by atoms with Crippen molar-refractivity contribution >= 4 is 32.6 Å². The fraction of sp³-hybridized carbons (Fsp3) is 0.235. The molecule has 0 atom stereocenters. The van der Waals surface area contributed by atoms with E-state index in [-0.39, 0.29) is 17.5 Å². The van der Waals surface area contributed by atoms with E-state index in [2.05, 4.69) is 20.7 Å². The van der Waals surface area contributed by atoms with Crippen LogP contribution in [0.2, 0.25) is 0 Å². The van der Waals surface area contributed by atoms with E-state index in [0.29, 0.717) is 5.69 Å². The molecule has 0 radical (unpaired) electrons. The molecule has 0 aliphatic heterocycles. The minimum Gasteiger partial charge on any atom is -0.334 e. The van der Waals surface area contributed by atoms with Crippen LogP contribution in [0.3, 0.4) is 0 Å². The third kappa shape index (κ3) is 3.83. The lowest BCUT2D eigenvalue weighted by Crippen LogP contribution is -2.28. The van der Waals surface area contributed by atoms with Gasteiger partial charge in [0.15, 0.2) is 15.5 Å². The molecule has 3 aromatic rings. The van der Waals surface area contributed by atoms with Gasteiger partial charge in [-0.25, -0.2) is 18.2 Å². The van der Waals surface area contributed by atoms with Crippen molar-refractivity contribution in [2.45, 2.75) is 18.4 Å². The van der Waals surface area contributed by atoms with Gasteiger partial charge in [0.25, 0.3) is 0 Å². The fourth-order valence-electron chi connectivity index (χ4n) is 2.59. The topological polar surface area (TPSA) is 106 Å². The molecule has 2 amide bonds. The maximum Gasteiger partial charge on any atom is 0.319 e. The first-order valence-electron chi connectivity index (χ1n) is 7.87. The maximum atomic E-state index is 12.1. The van der Waals surface area contributed by atoms with Crippen molar-refractivity contribution in [3.8, 4) is 0 Å². The van der Waals surface area contributed by atoms with Gasteiger partial charge in [-0.1, -0.05) is 12.1 Å². The number of nitrogens with zero attached hydrogens (tertiary/aromatic N) is 3. The summed E-state index contributed by atoms with van der Waals surface area (Å²) < 4.78 is 24.6. The second-order valence-corrected chi connectivity index (χ2v) is 8.04. The molecule has 0 saturated carbocycles. The van der Waals surface area contributed by atoms with Crippen molar-refractivity contribution in [1.29, 1.82) is 0 Å². The molecule has 0 fully saturated rings. The highest BCUT2D eigenvalue weighted by atomic mass is 32.2. The average Bonchev–Trinajstić information content (AvgIpc) is 2.86. The second kappa shape index (κ2) is 6.75. The Hall–Kier alpha value is -2.94. The van der Waals surface area contributed by atoms with Gasteiger partial charge in [-0.3, -0.25) is 4.68 Å². The summed E-state index contributed by atoms with van der Waals surface area (Å²) in [5.41, 5.74) is 2.95. The van der Waals surface area contributed by atoms with E-state index in [1.165, 1.54) is 12.1 Å². The van der Waals surface area contributed by atoms with E-state index in [1.54, 1.807) is 23.0 Å². The summed E-state index contributed by atoms with van der Waals surface area (Å²) in [5.74, 6) is 0. The maximum absolute atomic E-state index is 12.1. The Morgan fingerprint density at radius 3 is 2.58 bits per heavy atom. The van der Waals surface area contributed by atoms with E-state index in [1.807, 2.05) is 20.0 Å². The number of urea groups is 1. The molecule has 0 aliphatic carbocycles. The number of sulfone groups is 1. The fourth-order valence-corrected chi connectivity index (χ4v) is 3.22. The van der Waals surface area contributed by atoms with Gasteiger partial charge in [-0.05, 0) is 30.7 Å². The number of amides is 2. The molecule has 26 heavy (non-hydrogen) atoms. The summed E-state index contributed by atoms with van der Waals surface area (Å²) in [6.45, 7) is 2.16. The lowest BCUT2D eigenvalue weighted by Gasteiger charge is -2.08. The van der Waals surface area contributed by atoms with Crippen LogP contribution < -0.4 is 10.6 Å². The molecule has 136 valence electrons. The molecule has 9 heteroatoms. The van der Waals surface area contributed by atoms with Gasteiger partial charge >= 0.3 is 6.03 Å². The number of hydrogen-bond acceptors (Lipinski definition) is 5. The quantitative estimate of drug-likeness (QED) is 0.728. The Bertz CT molecular complexity index is 1070. The molecule has 0 bridgehead atoms. The zero-order valence-corrected chi connectivity index (χ0v) is 15.5. The van der Waals surface area contributed by atoms with Gasteiger partial charge in [0.05, 0.1) is 22.5 Å². The van der Waals surface area contributed by atoms with Gasteiger partial charge in [0.1, 0.15) is 0 Å². The number of pyridine rings is 1. The minimum absolute atomic E-state index is 0.247. The summed E-state index contributed by atoms with van der Waals surface area (Å²) >= 11 is 0. The first-order valence-corrected chi connectivity index (χ1v) is 9.76. The number of benzene rings is 1. The molecule has 0 unspecified atom stereocenters. The molecule has 0 spiro atoms. The van der Waals surface area contributed by atoms with Crippen LogP contribution in [0.15, 0.2) is 41.4 Å². The Morgan fingerprint density at radius 1 is 1.23 bits per heavy atom. The third-order valence-corrected chi connectivity index (χ3v) is 5.05. The summed E-state index contributed by atoms with van der Waals surface area (Å²) in [6.07, 6.45) is 2.73. The molecule has 0 saturated heterocycles. The zero-order chi connectivity index (χ0) is 18.9. The van der Waals surface area contributed by atoms with Crippen LogP contribution in [0.1, 0.15) is 11.3 Å². The van der Waals surface area contributed by atoms with E-state index in [9.17, 15) is 13.2 Å². The van der Waals surface area contributed by atoms with Crippen molar-refractivity contribution in [3.63, 3.8) is 0 Å². The van der Waals surface area contributed by atoms with Crippen LogP contribution in [-0.4, -0.2) is 35.5 Å². The largest absolute Gasteiger partial charge is 0.334 e. The molecule has 1 aromatic carbocycles. The summed E-state index contributed by atoms with van der Waals surface area (Å²) in [4.78, 5) is 16.6. The van der Waals surface area contributed by atoms with Crippen LogP contribution in [0.25, 0.3) is 11.0 Å². The highest BCUT2D eigenvalue weighted by Gasteiger charge is 2.09. The van der Waals surface area contributed by atoms with Gasteiger partial charge < -0.3 is 10.6 Å². The number of anilines is 1. The zero-order valence-electron chi connectivity index (χ0n) is 14.6. The number of carbonyl (C=O) groups is 1. The number of aromatic nitrogens is 3. The first-order chi connectivity index (χ1) is 12.2. The Labute approximate surface area is 151 Å². The van der Waals surface area contributed by atoms with E-state index in [0.717, 1.165) is 28.5 Å². The highest BCUT2D eigenvalue weighted by Crippen LogP contribution is 2.19. The smallest absolute Gasteiger partial charge is 0.319 e. The van der Waals surface area contributed by atoms with E-state index >= 15 is 0 Å². The van der Waals surface area contributed by atoms with E-state index in [4.69, 9.17) is 0 Å². The van der Waals surface area contributed by atoms with Crippen LogP contribution in [0.4, 0.5) is 10.5 Å². The molecular formula is C17H19N5O3S. The number of rotatable bonds is 4. The molecule has 0 aliphatic rings. The molecule has 3 rings (SSSR count). The van der Waals surface area contributed by atoms with Crippen molar-refractivity contribution in [2.75, 3.05) is 11.6 Å².